The molecule has 0 spiro atoms. The highest BCUT2D eigenvalue weighted by Crippen LogP contribution is 2.27. The molecule has 3 rings (SSSR count). The fraction of sp³-hybridized carbons (Fsp3) is 0.238. The molecule has 0 radical (unpaired) electrons. The third kappa shape index (κ3) is 4.47. The van der Waals surface area contributed by atoms with E-state index in [0.29, 0.717) is 11.3 Å². The Balaban J connectivity index is 1.55. The summed E-state index contributed by atoms with van der Waals surface area (Å²) in [5.74, 6) is 0.0760. The Labute approximate surface area is 157 Å². The Morgan fingerprint density at radius 3 is 2.59 bits per heavy atom. The van der Waals surface area contributed by atoms with Crippen molar-refractivity contribution in [1.29, 1.82) is 0 Å². The first-order valence-electron chi connectivity index (χ1n) is 8.75. The molecule has 0 saturated heterocycles. The number of hydrazine groups is 1. The van der Waals surface area contributed by atoms with Crippen LogP contribution in [0.2, 0.25) is 0 Å². The van der Waals surface area contributed by atoms with Crippen molar-refractivity contribution >= 4 is 22.8 Å². The number of ether oxygens (including phenoxy) is 1. The number of carbonyl (C=O) groups excluding carboxylic acids is 2. The molecule has 2 N–H and O–H groups in total. The van der Waals surface area contributed by atoms with E-state index < -0.39 is 11.8 Å². The van der Waals surface area contributed by atoms with Gasteiger partial charge in [0.1, 0.15) is 11.3 Å². The van der Waals surface area contributed by atoms with Crippen LogP contribution in [0.3, 0.4) is 0 Å². The first-order valence-corrected chi connectivity index (χ1v) is 8.75. The first-order chi connectivity index (χ1) is 12.9. The second kappa shape index (κ2) is 7.95. The molecule has 140 valence electrons. The van der Waals surface area contributed by atoms with Crippen molar-refractivity contribution in [2.45, 2.75) is 26.7 Å². The zero-order valence-electron chi connectivity index (χ0n) is 15.5. The van der Waals surface area contributed by atoms with Crippen LogP contribution in [0.15, 0.2) is 52.9 Å². The number of furan rings is 1. The lowest BCUT2D eigenvalue weighted by Crippen LogP contribution is -2.43. The predicted octanol–water partition coefficient (Wildman–Crippen LogP) is 3.70. The summed E-state index contributed by atoms with van der Waals surface area (Å²) in [4.78, 5) is 24.1. The quantitative estimate of drug-likeness (QED) is 0.675. The summed E-state index contributed by atoms with van der Waals surface area (Å²) in [5.41, 5.74) is 7.35. The van der Waals surface area contributed by atoms with Crippen LogP contribution in [0.4, 0.5) is 0 Å². The maximum atomic E-state index is 12.1. The summed E-state index contributed by atoms with van der Waals surface area (Å²) in [5, 5.41) is 0.818. The highest BCUT2D eigenvalue weighted by Gasteiger charge is 2.14. The van der Waals surface area contributed by atoms with E-state index in [9.17, 15) is 9.59 Å². The minimum absolute atomic E-state index is 0.123. The Morgan fingerprint density at radius 1 is 1.07 bits per heavy atom. The number of benzene rings is 2. The normalized spacial score (nSPS) is 10.8. The number of aryl methyl sites for hydroxylation is 1. The second-order valence-corrected chi connectivity index (χ2v) is 6.64. The molecule has 2 amide bonds. The van der Waals surface area contributed by atoms with Crippen LogP contribution in [-0.4, -0.2) is 18.4 Å². The van der Waals surface area contributed by atoms with Gasteiger partial charge in [0.25, 0.3) is 5.91 Å². The minimum atomic E-state index is -0.530. The zero-order valence-corrected chi connectivity index (χ0v) is 15.5. The van der Waals surface area contributed by atoms with Crippen molar-refractivity contribution in [1.82, 2.24) is 10.9 Å². The molecular formula is C21H22N2O4. The fourth-order valence-corrected chi connectivity index (χ4v) is 2.70. The molecule has 0 saturated carbocycles. The van der Waals surface area contributed by atoms with E-state index in [-0.39, 0.29) is 18.3 Å². The van der Waals surface area contributed by atoms with E-state index in [4.69, 9.17) is 9.15 Å². The van der Waals surface area contributed by atoms with Crippen molar-refractivity contribution in [3.05, 3.63) is 65.4 Å². The SMILES string of the molecule is Cc1ccc(C(C)C)c(OCC(=O)NNC(=O)c2cc3ccccc3o2)c1. The zero-order chi connectivity index (χ0) is 19.4. The number of amides is 2. The summed E-state index contributed by atoms with van der Waals surface area (Å²) in [6, 6.07) is 14.8. The number of rotatable bonds is 5. The lowest BCUT2D eigenvalue weighted by molar-refractivity contribution is -0.123. The molecule has 1 heterocycles. The average Bonchev–Trinajstić information content (AvgIpc) is 3.08. The Hall–Kier alpha value is -3.28. The van der Waals surface area contributed by atoms with Crippen LogP contribution < -0.4 is 15.6 Å². The topological polar surface area (TPSA) is 80.6 Å². The van der Waals surface area contributed by atoms with Gasteiger partial charge in [0.15, 0.2) is 12.4 Å². The lowest BCUT2D eigenvalue weighted by atomic mass is 10.0. The number of fused-ring (bicyclic) bond motifs is 1. The van der Waals surface area contributed by atoms with Gasteiger partial charge in [0.2, 0.25) is 0 Å². The highest BCUT2D eigenvalue weighted by molar-refractivity contribution is 5.97. The van der Waals surface area contributed by atoms with Gasteiger partial charge in [-0.25, -0.2) is 0 Å². The Bertz CT molecular complexity index is 942. The van der Waals surface area contributed by atoms with Gasteiger partial charge >= 0.3 is 5.91 Å². The molecule has 3 aromatic rings. The van der Waals surface area contributed by atoms with Gasteiger partial charge in [-0.05, 0) is 42.2 Å². The molecule has 2 aromatic carbocycles. The average molecular weight is 366 g/mol. The maximum absolute atomic E-state index is 12.1. The molecule has 0 atom stereocenters. The molecule has 0 aliphatic carbocycles. The van der Waals surface area contributed by atoms with Gasteiger partial charge < -0.3 is 9.15 Å². The molecule has 0 aliphatic heterocycles. The van der Waals surface area contributed by atoms with Gasteiger partial charge in [0, 0.05) is 5.39 Å². The standard InChI is InChI=1S/C21H22N2O4/c1-13(2)16-9-8-14(3)10-18(16)26-12-20(24)22-23-21(25)19-11-15-6-4-5-7-17(15)27-19/h4-11,13H,12H2,1-3H3,(H,22,24)(H,23,25). The van der Waals surface area contributed by atoms with Gasteiger partial charge in [-0.15, -0.1) is 0 Å². The molecule has 1 aromatic heterocycles. The van der Waals surface area contributed by atoms with Crippen LogP contribution in [0.1, 0.15) is 41.4 Å². The van der Waals surface area contributed by atoms with Crippen LogP contribution in [0.25, 0.3) is 11.0 Å². The van der Waals surface area contributed by atoms with Gasteiger partial charge in [-0.3, -0.25) is 20.4 Å². The highest BCUT2D eigenvalue weighted by atomic mass is 16.5. The third-order valence-electron chi connectivity index (χ3n) is 4.11. The number of nitrogens with one attached hydrogen (secondary N) is 2. The Kier molecular flexibility index (Phi) is 5.45. The van der Waals surface area contributed by atoms with Gasteiger partial charge in [-0.2, -0.15) is 0 Å². The summed E-state index contributed by atoms with van der Waals surface area (Å²) in [6.45, 7) is 5.88. The van der Waals surface area contributed by atoms with Gasteiger partial charge in [-0.1, -0.05) is 44.2 Å². The minimum Gasteiger partial charge on any atom is -0.483 e. The Morgan fingerprint density at radius 2 is 1.85 bits per heavy atom. The van der Waals surface area contributed by atoms with E-state index in [2.05, 4.69) is 24.7 Å². The smallest absolute Gasteiger partial charge is 0.305 e. The number of carbonyl (C=O) groups is 2. The summed E-state index contributed by atoms with van der Waals surface area (Å²) in [7, 11) is 0. The lowest BCUT2D eigenvalue weighted by Gasteiger charge is -2.14. The molecule has 6 heteroatoms. The van der Waals surface area contributed by atoms with Crippen molar-refractivity contribution in [3.8, 4) is 5.75 Å². The molecule has 0 unspecified atom stereocenters. The van der Waals surface area contributed by atoms with Crippen LogP contribution in [-0.2, 0) is 4.79 Å². The number of hydrogen-bond acceptors (Lipinski definition) is 4. The summed E-state index contributed by atoms with van der Waals surface area (Å²) >= 11 is 0. The van der Waals surface area contributed by atoms with Crippen LogP contribution >= 0.6 is 0 Å². The summed E-state index contributed by atoms with van der Waals surface area (Å²) < 4.78 is 11.1. The van der Waals surface area contributed by atoms with Crippen LogP contribution in [0.5, 0.6) is 5.75 Å². The van der Waals surface area contributed by atoms with E-state index in [1.165, 1.54) is 0 Å². The predicted molar refractivity (Wildman–Crippen MR) is 103 cm³/mol. The largest absolute Gasteiger partial charge is 0.483 e. The van der Waals surface area contributed by atoms with Gasteiger partial charge in [0.05, 0.1) is 0 Å². The molecule has 6 nitrogen and oxygen atoms in total. The monoisotopic (exact) mass is 366 g/mol. The van der Waals surface area contributed by atoms with Crippen molar-refractivity contribution < 1.29 is 18.7 Å². The number of hydrogen-bond donors (Lipinski definition) is 2. The molecule has 0 bridgehead atoms. The van der Waals surface area contributed by atoms with E-state index in [1.54, 1.807) is 12.1 Å². The fourth-order valence-electron chi connectivity index (χ4n) is 2.70. The van der Waals surface area contributed by atoms with E-state index in [1.807, 2.05) is 43.3 Å². The van der Waals surface area contributed by atoms with Crippen molar-refractivity contribution in [3.63, 3.8) is 0 Å². The van der Waals surface area contributed by atoms with Crippen molar-refractivity contribution in [2.75, 3.05) is 6.61 Å². The molecule has 0 aliphatic rings. The second-order valence-electron chi connectivity index (χ2n) is 6.64. The van der Waals surface area contributed by atoms with E-state index in [0.717, 1.165) is 16.5 Å². The maximum Gasteiger partial charge on any atom is 0.305 e. The third-order valence-corrected chi connectivity index (χ3v) is 4.11. The summed E-state index contributed by atoms with van der Waals surface area (Å²) in [6.07, 6.45) is 0. The van der Waals surface area contributed by atoms with E-state index >= 15 is 0 Å². The molecular weight excluding hydrogens is 344 g/mol. The molecule has 0 fully saturated rings. The van der Waals surface area contributed by atoms with Crippen LogP contribution in [0, 0.1) is 6.92 Å². The first kappa shape index (κ1) is 18.5. The number of para-hydroxylation sites is 1. The van der Waals surface area contributed by atoms with Crippen molar-refractivity contribution in [2.24, 2.45) is 0 Å². The molecule has 27 heavy (non-hydrogen) atoms.